The van der Waals surface area contributed by atoms with Gasteiger partial charge in [0.25, 0.3) is 0 Å². The molecule has 1 aliphatic heterocycles. The monoisotopic (exact) mass is 413 g/mol. The number of nitrogens with zero attached hydrogens (tertiary/aromatic N) is 5. The van der Waals surface area contributed by atoms with Crippen LogP contribution in [-0.2, 0) is 12.8 Å². The van der Waals surface area contributed by atoms with E-state index in [4.69, 9.17) is 4.98 Å². The van der Waals surface area contributed by atoms with Gasteiger partial charge < -0.3 is 14.8 Å². The van der Waals surface area contributed by atoms with E-state index in [1.165, 1.54) is 11.9 Å². The Morgan fingerprint density at radius 3 is 2.94 bits per heavy atom. The van der Waals surface area contributed by atoms with E-state index in [1.54, 1.807) is 6.20 Å². The maximum atomic E-state index is 10.8. The molecule has 0 unspecified atom stereocenters. The van der Waals surface area contributed by atoms with Crippen molar-refractivity contribution in [1.82, 2.24) is 19.5 Å². The predicted octanol–water partition coefficient (Wildman–Crippen LogP) is 3.15. The third-order valence-corrected chi connectivity index (χ3v) is 6.76. The van der Waals surface area contributed by atoms with Crippen molar-refractivity contribution in [2.45, 2.75) is 43.9 Å². The summed E-state index contributed by atoms with van der Waals surface area (Å²) in [6, 6.07) is 10.2. The second kappa shape index (κ2) is 7.21. The van der Waals surface area contributed by atoms with Crippen LogP contribution in [-0.4, -0.2) is 48.2 Å². The quantitative estimate of drug-likeness (QED) is 0.536. The third kappa shape index (κ3) is 3.12. The molecule has 1 saturated carbocycles. The summed E-state index contributed by atoms with van der Waals surface area (Å²) in [5, 5.41) is 23.5. The molecular formula is C24H23N5O2. The molecule has 1 aromatic carbocycles. The summed E-state index contributed by atoms with van der Waals surface area (Å²) < 4.78 is 1.98. The Hall–Kier alpha value is -3.16. The number of aliphatic imine (C=N–C) groups is 1. The number of aliphatic hydroxyl groups is 2. The molecule has 2 N–H and O–H groups in total. The van der Waals surface area contributed by atoms with Crippen LogP contribution in [0.15, 0.2) is 54.0 Å². The molecule has 0 bridgehead atoms. The normalized spacial score (nSPS) is 25.0. The lowest BCUT2D eigenvalue weighted by Crippen LogP contribution is -2.29. The van der Waals surface area contributed by atoms with Gasteiger partial charge in [-0.05, 0) is 48.9 Å². The molecule has 7 nitrogen and oxygen atoms in total. The Balaban J connectivity index is 1.20. The zero-order chi connectivity index (χ0) is 20.9. The molecule has 1 aliphatic carbocycles. The molecule has 0 saturated heterocycles. The minimum absolute atomic E-state index is 0.0244. The Bertz CT molecular complexity index is 1310. The van der Waals surface area contributed by atoms with Gasteiger partial charge in [0.05, 0.1) is 29.0 Å². The van der Waals surface area contributed by atoms with E-state index in [0.29, 0.717) is 6.42 Å². The zero-order valence-corrected chi connectivity index (χ0v) is 17.0. The van der Waals surface area contributed by atoms with Crippen molar-refractivity contribution in [2.75, 3.05) is 0 Å². The molecule has 1 fully saturated rings. The minimum Gasteiger partial charge on any atom is -0.390 e. The molecule has 31 heavy (non-hydrogen) atoms. The number of benzene rings is 1. The number of aryl methyl sites for hydroxylation is 1. The molecule has 3 aromatic heterocycles. The van der Waals surface area contributed by atoms with Crippen molar-refractivity contribution in [1.29, 1.82) is 0 Å². The summed E-state index contributed by atoms with van der Waals surface area (Å²) in [4.78, 5) is 17.6. The fourth-order valence-corrected chi connectivity index (χ4v) is 5.07. The molecule has 2 aliphatic rings. The number of hydrogen-bond donors (Lipinski definition) is 2. The van der Waals surface area contributed by atoms with Gasteiger partial charge in [-0.1, -0.05) is 12.1 Å². The molecule has 7 heteroatoms. The van der Waals surface area contributed by atoms with E-state index in [1.807, 2.05) is 23.0 Å². The highest BCUT2D eigenvalue weighted by Gasteiger charge is 2.42. The smallest absolute Gasteiger partial charge is 0.143 e. The van der Waals surface area contributed by atoms with Crippen molar-refractivity contribution in [2.24, 2.45) is 10.9 Å². The Labute approximate surface area is 179 Å². The maximum absolute atomic E-state index is 10.8. The van der Waals surface area contributed by atoms with Crippen LogP contribution in [0.2, 0.25) is 0 Å². The molecule has 4 aromatic rings. The van der Waals surface area contributed by atoms with Gasteiger partial charge in [-0.2, -0.15) is 0 Å². The lowest BCUT2D eigenvalue weighted by molar-refractivity contribution is 0.00545. The number of hydrogen-bond acceptors (Lipinski definition) is 6. The van der Waals surface area contributed by atoms with Gasteiger partial charge in [-0.15, -0.1) is 0 Å². The molecule has 6 rings (SSSR count). The number of aromatic nitrogens is 4. The van der Waals surface area contributed by atoms with Crippen LogP contribution < -0.4 is 0 Å². The predicted molar refractivity (Wildman–Crippen MR) is 119 cm³/mol. The van der Waals surface area contributed by atoms with Gasteiger partial charge in [0.1, 0.15) is 18.1 Å². The van der Waals surface area contributed by atoms with Crippen molar-refractivity contribution in [3.05, 3.63) is 60.3 Å². The van der Waals surface area contributed by atoms with Gasteiger partial charge >= 0.3 is 0 Å². The van der Waals surface area contributed by atoms with Crippen molar-refractivity contribution in [3.63, 3.8) is 0 Å². The standard InChI is InChI=1S/C24H23N5O2/c30-22-16(11-21(23(22)31)29-8-6-17-12-25-13-27-24(17)29)4-2-14-1-3-15-10-20-18(5-7-26-20)28-19(15)9-14/h1,3,6-10,12-13,16,21-23,30-31H,2,4-5,11H2/t16-,21+,22+,23-/m0/s1. The van der Waals surface area contributed by atoms with E-state index in [9.17, 15) is 10.2 Å². The Morgan fingerprint density at radius 1 is 1.06 bits per heavy atom. The molecular weight excluding hydrogens is 390 g/mol. The topological polar surface area (TPSA) is 96.4 Å². The minimum atomic E-state index is -0.809. The van der Waals surface area contributed by atoms with Crippen LogP contribution >= 0.6 is 0 Å². The third-order valence-electron chi connectivity index (χ3n) is 6.76. The summed E-state index contributed by atoms with van der Waals surface area (Å²) in [6.45, 7) is 0. The van der Waals surface area contributed by atoms with Crippen molar-refractivity contribution in [3.8, 4) is 0 Å². The maximum Gasteiger partial charge on any atom is 0.143 e. The highest BCUT2D eigenvalue weighted by Crippen LogP contribution is 2.39. The second-order valence-corrected chi connectivity index (χ2v) is 8.60. The average Bonchev–Trinajstić information content (AvgIpc) is 3.49. The SMILES string of the molecule is O[C@@H]1[C@@H](CCc2ccc3cc4c(nc3c2)CC=N4)C[C@@H](n2ccc3cncnc32)[C@@H]1O. The van der Waals surface area contributed by atoms with Crippen molar-refractivity contribution < 1.29 is 10.2 Å². The van der Waals surface area contributed by atoms with Crippen LogP contribution in [0.4, 0.5) is 5.69 Å². The van der Waals surface area contributed by atoms with E-state index in [0.717, 1.165) is 52.6 Å². The van der Waals surface area contributed by atoms with Gasteiger partial charge in [-0.25, -0.2) is 9.97 Å². The average molecular weight is 413 g/mol. The van der Waals surface area contributed by atoms with Crippen molar-refractivity contribution >= 4 is 33.8 Å². The summed E-state index contributed by atoms with van der Waals surface area (Å²) >= 11 is 0. The number of fused-ring (bicyclic) bond motifs is 3. The zero-order valence-electron chi connectivity index (χ0n) is 17.0. The van der Waals surface area contributed by atoms with Crippen LogP contribution in [0, 0.1) is 5.92 Å². The molecule has 4 atom stereocenters. The Kier molecular flexibility index (Phi) is 4.33. The lowest BCUT2D eigenvalue weighted by Gasteiger charge is -2.18. The molecule has 0 amide bonds. The van der Waals surface area contributed by atoms with Gasteiger partial charge in [0, 0.05) is 35.8 Å². The van der Waals surface area contributed by atoms with Crippen LogP contribution in [0.25, 0.3) is 21.9 Å². The fourth-order valence-electron chi connectivity index (χ4n) is 5.07. The van der Waals surface area contributed by atoms with E-state index < -0.39 is 12.2 Å². The van der Waals surface area contributed by atoms with Gasteiger partial charge in [0.2, 0.25) is 0 Å². The van der Waals surface area contributed by atoms with E-state index in [-0.39, 0.29) is 12.0 Å². The highest BCUT2D eigenvalue weighted by molar-refractivity contribution is 5.86. The number of aliphatic hydroxyl groups excluding tert-OH is 2. The number of rotatable bonds is 4. The van der Waals surface area contributed by atoms with Gasteiger partial charge in [-0.3, -0.25) is 9.98 Å². The molecule has 4 heterocycles. The number of pyridine rings is 1. The summed E-state index contributed by atoms with van der Waals surface area (Å²) in [7, 11) is 0. The first-order valence-corrected chi connectivity index (χ1v) is 10.7. The summed E-state index contributed by atoms with van der Waals surface area (Å²) in [5.74, 6) is 0.0244. The van der Waals surface area contributed by atoms with E-state index >= 15 is 0 Å². The molecule has 0 spiro atoms. The van der Waals surface area contributed by atoms with E-state index in [2.05, 4.69) is 39.2 Å². The van der Waals surface area contributed by atoms with Crippen LogP contribution in [0.5, 0.6) is 0 Å². The first kappa shape index (κ1) is 18.6. The Morgan fingerprint density at radius 2 is 2.00 bits per heavy atom. The molecule has 156 valence electrons. The summed E-state index contributed by atoms with van der Waals surface area (Å²) in [6.07, 6.45) is 8.71. The first-order valence-electron chi connectivity index (χ1n) is 10.7. The van der Waals surface area contributed by atoms with Crippen LogP contribution in [0.3, 0.4) is 0 Å². The van der Waals surface area contributed by atoms with Crippen LogP contribution in [0.1, 0.15) is 30.1 Å². The lowest BCUT2D eigenvalue weighted by atomic mass is 9.95. The highest BCUT2D eigenvalue weighted by atomic mass is 16.3. The fraction of sp³-hybridized carbons (Fsp3) is 0.333. The summed E-state index contributed by atoms with van der Waals surface area (Å²) in [5.41, 5.74) is 4.99. The molecule has 0 radical (unpaired) electrons. The second-order valence-electron chi connectivity index (χ2n) is 8.60. The van der Waals surface area contributed by atoms with Gasteiger partial charge in [0.15, 0.2) is 0 Å². The largest absolute Gasteiger partial charge is 0.390 e. The first-order chi connectivity index (χ1) is 15.2.